The summed E-state index contributed by atoms with van der Waals surface area (Å²) in [4.78, 5) is 0. The average Bonchev–Trinajstić information content (AvgIpc) is 2.90. The number of rotatable bonds is 10. The summed E-state index contributed by atoms with van der Waals surface area (Å²) in [6.07, 6.45) is 5.10. The van der Waals surface area contributed by atoms with Crippen LogP contribution in [0.4, 0.5) is 13.2 Å². The van der Waals surface area contributed by atoms with E-state index in [1.54, 1.807) is 48.5 Å². The third-order valence-electron chi connectivity index (χ3n) is 6.56. The van der Waals surface area contributed by atoms with E-state index in [9.17, 15) is 4.39 Å². The van der Waals surface area contributed by atoms with Crippen molar-refractivity contribution >= 4 is 0 Å². The molecule has 0 aliphatic heterocycles. The van der Waals surface area contributed by atoms with Gasteiger partial charge < -0.3 is 14.2 Å². The number of benzene rings is 3. The quantitative estimate of drug-likeness (QED) is 0.266. The van der Waals surface area contributed by atoms with E-state index in [4.69, 9.17) is 14.2 Å². The monoisotopic (exact) mass is 496 g/mol. The van der Waals surface area contributed by atoms with Crippen LogP contribution in [0, 0.1) is 17.5 Å². The van der Waals surface area contributed by atoms with Crippen LogP contribution in [0.5, 0.6) is 11.5 Å². The molecular weight excluding hydrogens is 465 g/mol. The summed E-state index contributed by atoms with van der Waals surface area (Å²) in [5, 5.41) is 0. The first-order valence-corrected chi connectivity index (χ1v) is 12.3. The van der Waals surface area contributed by atoms with E-state index in [-0.39, 0.29) is 36.5 Å². The van der Waals surface area contributed by atoms with Gasteiger partial charge in [-0.3, -0.25) is 0 Å². The van der Waals surface area contributed by atoms with E-state index >= 15 is 8.78 Å². The van der Waals surface area contributed by atoms with E-state index in [0.717, 1.165) is 31.2 Å². The van der Waals surface area contributed by atoms with Gasteiger partial charge in [0.2, 0.25) is 0 Å². The highest BCUT2D eigenvalue weighted by atomic mass is 19.2. The molecule has 36 heavy (non-hydrogen) atoms. The van der Waals surface area contributed by atoms with E-state index in [1.807, 2.05) is 6.92 Å². The Morgan fingerprint density at radius 1 is 0.889 bits per heavy atom. The Labute approximate surface area is 210 Å². The third-order valence-corrected chi connectivity index (χ3v) is 6.56. The lowest BCUT2D eigenvalue weighted by Gasteiger charge is -2.29. The SMILES string of the molecule is C=CCOc1ccc(OCc2ccc(-c3ccc(C4CCC(OCC)CC4)c(F)c3F)cc2)c(F)c1. The molecule has 6 heteroatoms. The predicted octanol–water partition coefficient (Wildman–Crippen LogP) is 7.98. The van der Waals surface area contributed by atoms with E-state index in [0.29, 0.717) is 23.5 Å². The summed E-state index contributed by atoms with van der Waals surface area (Å²) in [5.41, 5.74) is 2.00. The molecule has 1 aliphatic rings. The molecule has 3 nitrogen and oxygen atoms in total. The van der Waals surface area contributed by atoms with Crippen molar-refractivity contribution in [3.05, 3.63) is 95.8 Å². The van der Waals surface area contributed by atoms with Crippen molar-refractivity contribution in [3.63, 3.8) is 0 Å². The van der Waals surface area contributed by atoms with Crippen molar-refractivity contribution in [1.29, 1.82) is 0 Å². The Balaban J connectivity index is 1.40. The number of halogens is 3. The highest BCUT2D eigenvalue weighted by Crippen LogP contribution is 2.38. The standard InChI is InChI=1S/C30H31F3O3/c1-3-17-35-24-13-16-28(27(31)18-24)36-19-20-5-7-21(8-6-20)25-14-15-26(30(33)29(25)32)22-9-11-23(12-10-22)34-4-2/h3,5-8,13-16,18,22-23H,1,4,9-12,17,19H2,2H3. The van der Waals surface area contributed by atoms with Gasteiger partial charge in [0.1, 0.15) is 19.0 Å². The van der Waals surface area contributed by atoms with Gasteiger partial charge in [-0.05, 0) is 67.3 Å². The fraction of sp³-hybridized carbons (Fsp3) is 0.333. The Morgan fingerprint density at radius 2 is 1.64 bits per heavy atom. The normalized spacial score (nSPS) is 17.6. The van der Waals surface area contributed by atoms with Crippen LogP contribution in [0.25, 0.3) is 11.1 Å². The molecule has 1 aliphatic carbocycles. The minimum Gasteiger partial charge on any atom is -0.489 e. The molecule has 190 valence electrons. The highest BCUT2D eigenvalue weighted by molar-refractivity contribution is 5.65. The van der Waals surface area contributed by atoms with Gasteiger partial charge in [0.05, 0.1) is 6.10 Å². The summed E-state index contributed by atoms with van der Waals surface area (Å²) < 4.78 is 60.9. The molecule has 0 heterocycles. The molecule has 3 aromatic carbocycles. The predicted molar refractivity (Wildman–Crippen MR) is 135 cm³/mol. The molecule has 1 saturated carbocycles. The summed E-state index contributed by atoms with van der Waals surface area (Å²) in [6, 6.07) is 14.7. The zero-order valence-corrected chi connectivity index (χ0v) is 20.4. The summed E-state index contributed by atoms with van der Waals surface area (Å²) in [5.74, 6) is -1.63. The van der Waals surface area contributed by atoms with E-state index in [1.165, 1.54) is 12.1 Å². The van der Waals surface area contributed by atoms with Crippen molar-refractivity contribution in [2.24, 2.45) is 0 Å². The van der Waals surface area contributed by atoms with Crippen LogP contribution >= 0.6 is 0 Å². The molecule has 1 fully saturated rings. The van der Waals surface area contributed by atoms with Gasteiger partial charge in [-0.25, -0.2) is 13.2 Å². The maximum Gasteiger partial charge on any atom is 0.168 e. The van der Waals surface area contributed by atoms with Gasteiger partial charge in [0.15, 0.2) is 23.2 Å². The molecular formula is C30H31F3O3. The maximum atomic E-state index is 15.0. The fourth-order valence-electron chi connectivity index (χ4n) is 4.66. The lowest BCUT2D eigenvalue weighted by atomic mass is 9.82. The minimum atomic E-state index is -0.829. The molecule has 3 aromatic rings. The molecule has 0 saturated heterocycles. The highest BCUT2D eigenvalue weighted by Gasteiger charge is 2.26. The molecule has 0 bridgehead atoms. The Bertz CT molecular complexity index is 1170. The number of ether oxygens (including phenoxy) is 3. The topological polar surface area (TPSA) is 27.7 Å². The van der Waals surface area contributed by atoms with Crippen molar-refractivity contribution in [2.45, 2.75) is 51.2 Å². The van der Waals surface area contributed by atoms with Crippen LogP contribution in [0.1, 0.15) is 49.7 Å². The minimum absolute atomic E-state index is 0.00721. The second-order valence-corrected chi connectivity index (χ2v) is 8.94. The molecule has 0 spiro atoms. The Hall–Kier alpha value is -3.25. The molecule has 0 amide bonds. The number of hydrogen-bond acceptors (Lipinski definition) is 3. The molecule has 4 rings (SSSR count). The van der Waals surface area contributed by atoms with Crippen LogP contribution < -0.4 is 9.47 Å². The van der Waals surface area contributed by atoms with Crippen molar-refractivity contribution < 1.29 is 27.4 Å². The van der Waals surface area contributed by atoms with Crippen molar-refractivity contribution in [3.8, 4) is 22.6 Å². The first kappa shape index (κ1) is 25.8. The van der Waals surface area contributed by atoms with Crippen LogP contribution in [0.3, 0.4) is 0 Å². The smallest absolute Gasteiger partial charge is 0.168 e. The maximum absolute atomic E-state index is 15.0. The molecule has 0 atom stereocenters. The van der Waals surface area contributed by atoms with Crippen molar-refractivity contribution in [2.75, 3.05) is 13.2 Å². The summed E-state index contributed by atoms with van der Waals surface area (Å²) >= 11 is 0. The van der Waals surface area contributed by atoms with Gasteiger partial charge in [-0.15, -0.1) is 0 Å². The fourth-order valence-corrected chi connectivity index (χ4v) is 4.66. The third kappa shape index (κ3) is 6.11. The van der Waals surface area contributed by atoms with E-state index in [2.05, 4.69) is 6.58 Å². The van der Waals surface area contributed by atoms with Crippen LogP contribution in [-0.2, 0) is 11.3 Å². The van der Waals surface area contributed by atoms with Crippen LogP contribution in [0.2, 0.25) is 0 Å². The van der Waals surface area contributed by atoms with Crippen molar-refractivity contribution in [1.82, 2.24) is 0 Å². The largest absolute Gasteiger partial charge is 0.489 e. The van der Waals surface area contributed by atoms with Crippen LogP contribution in [0.15, 0.2) is 67.3 Å². The Kier molecular flexibility index (Phi) is 8.70. The zero-order valence-electron chi connectivity index (χ0n) is 20.4. The lowest BCUT2D eigenvalue weighted by molar-refractivity contribution is 0.0325. The zero-order chi connectivity index (χ0) is 25.5. The average molecular weight is 497 g/mol. The van der Waals surface area contributed by atoms with E-state index < -0.39 is 17.5 Å². The van der Waals surface area contributed by atoms with Crippen LogP contribution in [-0.4, -0.2) is 19.3 Å². The molecule has 0 N–H and O–H groups in total. The molecule has 0 unspecified atom stereocenters. The van der Waals surface area contributed by atoms with Gasteiger partial charge in [0, 0.05) is 18.2 Å². The number of hydrogen-bond donors (Lipinski definition) is 0. The van der Waals surface area contributed by atoms with Gasteiger partial charge >= 0.3 is 0 Å². The van der Waals surface area contributed by atoms with Gasteiger partial charge in [-0.2, -0.15) is 0 Å². The van der Waals surface area contributed by atoms with Gasteiger partial charge in [0.25, 0.3) is 0 Å². The first-order valence-electron chi connectivity index (χ1n) is 12.3. The van der Waals surface area contributed by atoms with Gasteiger partial charge in [-0.1, -0.05) is 49.1 Å². The summed E-state index contributed by atoms with van der Waals surface area (Å²) in [7, 11) is 0. The second-order valence-electron chi connectivity index (χ2n) is 8.94. The molecule has 0 radical (unpaired) electrons. The second kappa shape index (κ2) is 12.1. The lowest BCUT2D eigenvalue weighted by Crippen LogP contribution is -2.21. The molecule has 0 aromatic heterocycles. The Morgan fingerprint density at radius 3 is 2.31 bits per heavy atom. The first-order chi connectivity index (χ1) is 17.5. The summed E-state index contributed by atoms with van der Waals surface area (Å²) in [6.45, 7) is 6.62.